The van der Waals surface area contributed by atoms with Crippen LogP contribution in [0.4, 0.5) is 0 Å². The predicted octanol–water partition coefficient (Wildman–Crippen LogP) is 25.5. The Morgan fingerprint density at radius 2 is 0.494 bits per heavy atom. The third kappa shape index (κ3) is 69.8. The topological polar surface area (TPSA) is 78.9 Å². The highest BCUT2D eigenvalue weighted by Gasteiger charge is 2.19. The minimum absolute atomic E-state index is 0.0917. The van der Waals surface area contributed by atoms with Gasteiger partial charge in [-0.05, 0) is 70.6 Å². The van der Waals surface area contributed by atoms with Gasteiger partial charge >= 0.3 is 17.9 Å². The summed E-state index contributed by atoms with van der Waals surface area (Å²) in [4.78, 5) is 38.4. The van der Waals surface area contributed by atoms with Crippen molar-refractivity contribution in [3.05, 3.63) is 60.8 Å². The van der Waals surface area contributed by atoms with E-state index in [1.165, 1.54) is 283 Å². The quantitative estimate of drug-likeness (QED) is 0.0261. The second-order valence-corrected chi connectivity index (χ2v) is 24.8. The number of hydrogen-bond donors (Lipinski definition) is 0. The first-order valence-corrected chi connectivity index (χ1v) is 36.8. The van der Waals surface area contributed by atoms with Crippen LogP contribution >= 0.6 is 0 Å². The standard InChI is InChI=1S/C77H140O6/c1-4-7-10-13-16-19-22-25-27-29-31-33-35-37-38-40-41-43-45-47-49-52-55-58-61-64-67-70-76(79)82-73-74(72-81-75(78)69-66-63-60-57-54-51-24-21-18-15-12-9-6-3)83-77(80)71-68-65-62-59-56-53-50-48-46-44-42-39-36-34-32-30-28-26-23-20-17-14-11-8-5-2/h9,12,18,21,29,31,51,54,60,63,74H,4-8,10-11,13-17,19-20,22-28,30,32-50,52-53,55-59,61-62,64-73H2,1-3H3/b12-9-,21-18-,31-29-,54-51-,63-60-. The highest BCUT2D eigenvalue weighted by atomic mass is 16.6. The second kappa shape index (κ2) is 71.6. The van der Waals surface area contributed by atoms with Crippen molar-refractivity contribution in [1.29, 1.82) is 0 Å². The molecule has 1 unspecified atom stereocenters. The van der Waals surface area contributed by atoms with Gasteiger partial charge in [0.25, 0.3) is 0 Å². The molecule has 0 aliphatic rings. The molecule has 6 heteroatoms. The van der Waals surface area contributed by atoms with E-state index in [1.807, 2.05) is 6.08 Å². The van der Waals surface area contributed by atoms with E-state index in [2.05, 4.69) is 75.5 Å². The largest absolute Gasteiger partial charge is 0.462 e. The van der Waals surface area contributed by atoms with E-state index >= 15 is 0 Å². The first kappa shape index (κ1) is 80.1. The fourth-order valence-electron chi connectivity index (χ4n) is 11.0. The summed E-state index contributed by atoms with van der Waals surface area (Å²) in [5, 5.41) is 0. The van der Waals surface area contributed by atoms with Crippen molar-refractivity contribution in [3.8, 4) is 0 Å². The lowest BCUT2D eigenvalue weighted by Crippen LogP contribution is -2.30. The zero-order valence-corrected chi connectivity index (χ0v) is 55.7. The van der Waals surface area contributed by atoms with E-state index in [-0.39, 0.29) is 37.5 Å². The van der Waals surface area contributed by atoms with Gasteiger partial charge in [0.05, 0.1) is 0 Å². The number of carbonyl (C=O) groups excluding carboxylic acids is 3. The number of unbranched alkanes of at least 4 members (excludes halogenated alkanes) is 47. The van der Waals surface area contributed by atoms with Crippen LogP contribution in [0, 0.1) is 0 Å². The van der Waals surface area contributed by atoms with Crippen LogP contribution in [0.15, 0.2) is 60.8 Å². The molecule has 0 saturated carbocycles. The lowest BCUT2D eigenvalue weighted by atomic mass is 10.0. The van der Waals surface area contributed by atoms with Crippen LogP contribution in [0.1, 0.15) is 393 Å². The molecule has 0 heterocycles. The summed E-state index contributed by atoms with van der Waals surface area (Å²) in [5.74, 6) is -0.951. The SMILES string of the molecule is CC/C=C\C/C=C\C/C=C\C/C=C\CCC(=O)OCC(COC(=O)CCCCCCCCCCCCCCCCC/C=C\CCCCCCCCCC)OC(=O)CCCCCCCCCCCCCCCCCCCCCCCCCCC. The lowest BCUT2D eigenvalue weighted by Gasteiger charge is -2.18. The third-order valence-electron chi connectivity index (χ3n) is 16.5. The fourth-order valence-corrected chi connectivity index (χ4v) is 11.0. The van der Waals surface area contributed by atoms with Gasteiger partial charge < -0.3 is 14.2 Å². The van der Waals surface area contributed by atoms with Crippen LogP contribution in [0.3, 0.4) is 0 Å². The van der Waals surface area contributed by atoms with Gasteiger partial charge in [-0.25, -0.2) is 0 Å². The number of esters is 3. The molecule has 0 bridgehead atoms. The van der Waals surface area contributed by atoms with Gasteiger partial charge in [-0.2, -0.15) is 0 Å². The van der Waals surface area contributed by atoms with E-state index in [4.69, 9.17) is 14.2 Å². The Bertz CT molecular complexity index is 1470. The number of allylic oxidation sites excluding steroid dienone is 10. The maximum absolute atomic E-state index is 13.0. The molecule has 0 N–H and O–H groups in total. The molecule has 6 nitrogen and oxygen atoms in total. The number of rotatable bonds is 68. The maximum atomic E-state index is 13.0. The van der Waals surface area contributed by atoms with Crippen molar-refractivity contribution in [2.24, 2.45) is 0 Å². The van der Waals surface area contributed by atoms with Crippen molar-refractivity contribution in [1.82, 2.24) is 0 Å². The van der Waals surface area contributed by atoms with E-state index in [0.717, 1.165) is 64.2 Å². The molecule has 0 amide bonds. The minimum Gasteiger partial charge on any atom is -0.462 e. The summed E-state index contributed by atoms with van der Waals surface area (Å²) in [6, 6.07) is 0. The Morgan fingerprint density at radius 1 is 0.253 bits per heavy atom. The van der Waals surface area contributed by atoms with E-state index < -0.39 is 6.10 Å². The smallest absolute Gasteiger partial charge is 0.306 e. The van der Waals surface area contributed by atoms with Crippen molar-refractivity contribution in [2.75, 3.05) is 13.2 Å². The molecule has 0 aliphatic carbocycles. The lowest BCUT2D eigenvalue weighted by molar-refractivity contribution is -0.166. The second-order valence-electron chi connectivity index (χ2n) is 24.8. The molecule has 83 heavy (non-hydrogen) atoms. The molecular weight excluding hydrogens is 1020 g/mol. The molecule has 0 rings (SSSR count). The number of carbonyl (C=O) groups is 3. The molecule has 0 aromatic rings. The average Bonchev–Trinajstić information content (AvgIpc) is 3.49. The summed E-state index contributed by atoms with van der Waals surface area (Å²) < 4.78 is 16.9. The van der Waals surface area contributed by atoms with Gasteiger partial charge in [-0.3, -0.25) is 14.4 Å². The van der Waals surface area contributed by atoms with Gasteiger partial charge in [-0.1, -0.05) is 364 Å². The molecule has 1 atom stereocenters. The van der Waals surface area contributed by atoms with Crippen LogP contribution in [-0.2, 0) is 28.6 Å². The zero-order valence-electron chi connectivity index (χ0n) is 55.7. The normalized spacial score (nSPS) is 12.4. The van der Waals surface area contributed by atoms with Crippen molar-refractivity contribution in [2.45, 2.75) is 399 Å². The molecule has 0 radical (unpaired) electrons. The molecule has 0 spiro atoms. The van der Waals surface area contributed by atoms with Gasteiger partial charge in [0.15, 0.2) is 6.10 Å². The molecule has 0 saturated heterocycles. The first-order valence-electron chi connectivity index (χ1n) is 36.8. The monoisotopic (exact) mass is 1160 g/mol. The molecule has 0 aromatic carbocycles. The minimum atomic E-state index is -0.802. The average molecular weight is 1160 g/mol. The molecule has 0 aliphatic heterocycles. The Balaban J connectivity index is 4.23. The Labute approximate surface area is 517 Å². The summed E-state index contributed by atoms with van der Waals surface area (Å²) >= 11 is 0. The van der Waals surface area contributed by atoms with Crippen LogP contribution in [0.25, 0.3) is 0 Å². The van der Waals surface area contributed by atoms with E-state index in [9.17, 15) is 14.4 Å². The summed E-state index contributed by atoms with van der Waals surface area (Å²) in [6.45, 7) is 6.53. The Kier molecular flexibility index (Phi) is 69.1. The molecule has 484 valence electrons. The Hall–Kier alpha value is -2.89. The number of ether oxygens (including phenoxy) is 3. The third-order valence-corrected chi connectivity index (χ3v) is 16.5. The van der Waals surface area contributed by atoms with E-state index in [0.29, 0.717) is 19.3 Å². The van der Waals surface area contributed by atoms with E-state index in [1.54, 1.807) is 0 Å². The van der Waals surface area contributed by atoms with Gasteiger partial charge in [0.2, 0.25) is 0 Å². The molecular formula is C77H140O6. The van der Waals surface area contributed by atoms with Crippen molar-refractivity contribution < 1.29 is 28.6 Å². The molecule has 0 aromatic heterocycles. The van der Waals surface area contributed by atoms with Crippen LogP contribution in [0.2, 0.25) is 0 Å². The summed E-state index contributed by atoms with van der Waals surface area (Å²) in [7, 11) is 0. The first-order chi connectivity index (χ1) is 41.0. The zero-order chi connectivity index (χ0) is 59.9. The molecule has 0 fully saturated rings. The fraction of sp³-hybridized carbons (Fsp3) is 0.831. The predicted molar refractivity (Wildman–Crippen MR) is 362 cm³/mol. The Morgan fingerprint density at radius 3 is 0.807 bits per heavy atom. The maximum Gasteiger partial charge on any atom is 0.306 e. The van der Waals surface area contributed by atoms with Crippen LogP contribution in [0.5, 0.6) is 0 Å². The van der Waals surface area contributed by atoms with Gasteiger partial charge in [-0.15, -0.1) is 0 Å². The van der Waals surface area contributed by atoms with Crippen LogP contribution < -0.4 is 0 Å². The van der Waals surface area contributed by atoms with Crippen LogP contribution in [-0.4, -0.2) is 37.2 Å². The highest BCUT2D eigenvalue weighted by molar-refractivity contribution is 5.71. The van der Waals surface area contributed by atoms with Gasteiger partial charge in [0, 0.05) is 19.3 Å². The van der Waals surface area contributed by atoms with Crippen molar-refractivity contribution in [3.63, 3.8) is 0 Å². The van der Waals surface area contributed by atoms with Gasteiger partial charge in [0.1, 0.15) is 13.2 Å². The summed E-state index contributed by atoms with van der Waals surface area (Å²) in [5.41, 5.74) is 0. The van der Waals surface area contributed by atoms with Crippen molar-refractivity contribution >= 4 is 17.9 Å². The highest BCUT2D eigenvalue weighted by Crippen LogP contribution is 2.19. The number of hydrogen-bond acceptors (Lipinski definition) is 6. The summed E-state index contributed by atoms with van der Waals surface area (Å²) in [6.07, 6.45) is 92.9.